The molecule has 0 spiro atoms. The molecule has 0 radical (unpaired) electrons. The molecule has 1 heterocycles. The number of anilines is 1. The minimum absolute atomic E-state index is 0.0563. The number of nitro groups is 1. The third kappa shape index (κ3) is 2.22. The third-order valence-electron chi connectivity index (χ3n) is 2.08. The topological polar surface area (TPSA) is 94.1 Å². The van der Waals surface area contributed by atoms with Gasteiger partial charge in [-0.1, -0.05) is 17.2 Å². The zero-order valence-corrected chi connectivity index (χ0v) is 9.08. The lowest BCUT2D eigenvalue weighted by Crippen LogP contribution is -1.95. The molecule has 1 aromatic heterocycles. The smallest absolute Gasteiger partial charge is 0.315 e. The molecule has 1 N–H and O–H groups in total. The summed E-state index contributed by atoms with van der Waals surface area (Å²) in [6, 6.07) is 6.48. The van der Waals surface area contributed by atoms with Crippen molar-refractivity contribution < 1.29 is 9.34 Å². The Morgan fingerprint density at radius 1 is 1.41 bits per heavy atom. The predicted molar refractivity (Wildman–Crippen MR) is 60.6 cm³/mol. The van der Waals surface area contributed by atoms with Crippen LogP contribution in [0.15, 0.2) is 28.7 Å². The molecule has 0 saturated heterocycles. The van der Waals surface area contributed by atoms with Crippen LogP contribution in [-0.4, -0.2) is 21.7 Å². The van der Waals surface area contributed by atoms with Crippen LogP contribution in [-0.2, 0) is 0 Å². The highest BCUT2D eigenvalue weighted by Crippen LogP contribution is 2.28. The second-order valence-electron chi connectivity index (χ2n) is 3.22. The monoisotopic (exact) mass is 234 g/mol. The number of para-hydroxylation sites is 1. The second kappa shape index (κ2) is 4.60. The van der Waals surface area contributed by atoms with Crippen LogP contribution in [0.3, 0.4) is 0 Å². The maximum absolute atomic E-state index is 10.8. The van der Waals surface area contributed by atoms with Crippen LogP contribution in [0.5, 0.6) is 0 Å². The lowest BCUT2D eigenvalue weighted by Gasteiger charge is -1.97. The first-order valence-electron chi connectivity index (χ1n) is 5.03. The minimum atomic E-state index is -0.480. The summed E-state index contributed by atoms with van der Waals surface area (Å²) in [6.07, 6.45) is 0. The molecule has 2 aromatic rings. The predicted octanol–water partition coefficient (Wildman–Crippen LogP) is 2.08. The van der Waals surface area contributed by atoms with Crippen molar-refractivity contribution in [2.45, 2.75) is 6.92 Å². The number of benzene rings is 1. The van der Waals surface area contributed by atoms with E-state index in [1.54, 1.807) is 18.2 Å². The third-order valence-corrected chi connectivity index (χ3v) is 2.08. The van der Waals surface area contributed by atoms with Gasteiger partial charge in [0.25, 0.3) is 11.6 Å². The number of aromatic nitrogens is 2. The summed E-state index contributed by atoms with van der Waals surface area (Å²) in [7, 11) is 0. The molecule has 0 fully saturated rings. The van der Waals surface area contributed by atoms with E-state index in [1.807, 2.05) is 6.92 Å². The van der Waals surface area contributed by atoms with E-state index in [0.717, 1.165) is 0 Å². The van der Waals surface area contributed by atoms with Gasteiger partial charge in [-0.15, -0.1) is 5.10 Å². The average Bonchev–Trinajstić information content (AvgIpc) is 2.78. The van der Waals surface area contributed by atoms with Gasteiger partial charge in [0.05, 0.1) is 4.92 Å². The fourth-order valence-electron chi connectivity index (χ4n) is 1.37. The summed E-state index contributed by atoms with van der Waals surface area (Å²) >= 11 is 0. The minimum Gasteiger partial charge on any atom is -0.403 e. The number of nitro benzene ring substituents is 1. The fraction of sp³-hybridized carbons (Fsp3) is 0.200. The number of hydrogen-bond donors (Lipinski definition) is 1. The fourth-order valence-corrected chi connectivity index (χ4v) is 1.37. The molecular weight excluding hydrogens is 224 g/mol. The summed E-state index contributed by atoms with van der Waals surface area (Å²) in [6.45, 7) is 2.52. The molecule has 7 nitrogen and oxygen atoms in total. The van der Waals surface area contributed by atoms with Gasteiger partial charge in [-0.05, 0) is 13.0 Å². The number of nitrogens with one attached hydrogen (secondary N) is 1. The van der Waals surface area contributed by atoms with E-state index < -0.39 is 4.92 Å². The van der Waals surface area contributed by atoms with Crippen LogP contribution in [0.25, 0.3) is 11.5 Å². The lowest BCUT2D eigenvalue weighted by molar-refractivity contribution is -0.384. The Bertz CT molecular complexity index is 538. The zero-order valence-electron chi connectivity index (χ0n) is 9.08. The van der Waals surface area contributed by atoms with Crippen molar-refractivity contribution in [2.75, 3.05) is 11.9 Å². The molecule has 0 aliphatic carbocycles. The first kappa shape index (κ1) is 11.1. The molecule has 0 bridgehead atoms. The van der Waals surface area contributed by atoms with Crippen LogP contribution in [0.2, 0.25) is 0 Å². The highest BCUT2D eigenvalue weighted by Gasteiger charge is 2.19. The first-order chi connectivity index (χ1) is 8.22. The van der Waals surface area contributed by atoms with E-state index in [9.17, 15) is 10.1 Å². The van der Waals surface area contributed by atoms with Gasteiger partial charge in [0.1, 0.15) is 5.56 Å². The maximum atomic E-state index is 10.8. The number of hydrogen-bond acceptors (Lipinski definition) is 6. The van der Waals surface area contributed by atoms with Gasteiger partial charge in [0, 0.05) is 12.6 Å². The van der Waals surface area contributed by atoms with Gasteiger partial charge >= 0.3 is 6.01 Å². The largest absolute Gasteiger partial charge is 0.403 e. The molecule has 1 aromatic carbocycles. The van der Waals surface area contributed by atoms with Crippen molar-refractivity contribution in [3.63, 3.8) is 0 Å². The Labute approximate surface area is 96.6 Å². The molecule has 0 aliphatic heterocycles. The van der Waals surface area contributed by atoms with E-state index in [0.29, 0.717) is 12.1 Å². The highest BCUT2D eigenvalue weighted by molar-refractivity contribution is 5.66. The zero-order chi connectivity index (χ0) is 12.3. The van der Waals surface area contributed by atoms with Crippen LogP contribution in [0.1, 0.15) is 6.92 Å². The Hall–Kier alpha value is -2.44. The summed E-state index contributed by atoms with van der Waals surface area (Å²) in [4.78, 5) is 10.3. The van der Waals surface area contributed by atoms with Gasteiger partial charge in [0.15, 0.2) is 0 Å². The SMILES string of the molecule is CCNc1nnc(-c2ccccc2[N+](=O)[O-])o1. The number of rotatable bonds is 4. The lowest BCUT2D eigenvalue weighted by atomic mass is 10.2. The van der Waals surface area contributed by atoms with E-state index >= 15 is 0 Å². The summed E-state index contributed by atoms with van der Waals surface area (Å²) < 4.78 is 5.26. The maximum Gasteiger partial charge on any atom is 0.315 e. The van der Waals surface area contributed by atoms with Crippen LogP contribution >= 0.6 is 0 Å². The quantitative estimate of drug-likeness (QED) is 0.642. The van der Waals surface area contributed by atoms with Crippen LogP contribution in [0.4, 0.5) is 11.7 Å². The van der Waals surface area contributed by atoms with Crippen LogP contribution < -0.4 is 5.32 Å². The molecule has 0 saturated carbocycles. The normalized spacial score (nSPS) is 10.2. The van der Waals surface area contributed by atoms with Gasteiger partial charge in [0.2, 0.25) is 0 Å². The molecule has 7 heteroatoms. The van der Waals surface area contributed by atoms with E-state index in [-0.39, 0.29) is 17.6 Å². The Balaban J connectivity index is 2.41. The van der Waals surface area contributed by atoms with Gasteiger partial charge in [-0.25, -0.2) is 0 Å². The van der Waals surface area contributed by atoms with Gasteiger partial charge < -0.3 is 9.73 Å². The summed E-state index contributed by atoms with van der Waals surface area (Å²) in [5.41, 5.74) is 0.258. The summed E-state index contributed by atoms with van der Waals surface area (Å²) in [5, 5.41) is 21.2. The van der Waals surface area contributed by atoms with Crippen molar-refractivity contribution in [1.82, 2.24) is 10.2 Å². The van der Waals surface area contributed by atoms with Crippen molar-refractivity contribution >= 4 is 11.7 Å². The summed E-state index contributed by atoms with van der Waals surface area (Å²) in [5.74, 6) is 0.133. The average molecular weight is 234 g/mol. The molecule has 88 valence electrons. The highest BCUT2D eigenvalue weighted by atomic mass is 16.6. The van der Waals surface area contributed by atoms with Crippen molar-refractivity contribution in [3.05, 3.63) is 34.4 Å². The van der Waals surface area contributed by atoms with Crippen molar-refractivity contribution in [2.24, 2.45) is 0 Å². The van der Waals surface area contributed by atoms with Crippen molar-refractivity contribution in [1.29, 1.82) is 0 Å². The second-order valence-corrected chi connectivity index (χ2v) is 3.22. The van der Waals surface area contributed by atoms with Gasteiger partial charge in [-0.3, -0.25) is 10.1 Å². The Morgan fingerprint density at radius 2 is 2.18 bits per heavy atom. The molecular formula is C10H10N4O3. The van der Waals surface area contributed by atoms with Crippen molar-refractivity contribution in [3.8, 4) is 11.5 Å². The molecule has 2 rings (SSSR count). The van der Waals surface area contributed by atoms with E-state index in [4.69, 9.17) is 4.42 Å². The molecule has 0 aliphatic rings. The Morgan fingerprint density at radius 3 is 2.88 bits per heavy atom. The number of nitrogens with zero attached hydrogens (tertiary/aromatic N) is 3. The molecule has 0 unspecified atom stereocenters. The first-order valence-corrected chi connectivity index (χ1v) is 5.03. The Kier molecular flexibility index (Phi) is 2.99. The molecule has 0 atom stereocenters. The molecule has 17 heavy (non-hydrogen) atoms. The standard InChI is InChI=1S/C10H10N4O3/c1-2-11-10-13-12-9(17-10)7-5-3-4-6-8(7)14(15)16/h3-6H,2H2,1H3,(H,11,13). The van der Waals surface area contributed by atoms with E-state index in [1.165, 1.54) is 6.07 Å². The molecule has 0 amide bonds. The van der Waals surface area contributed by atoms with E-state index in [2.05, 4.69) is 15.5 Å². The van der Waals surface area contributed by atoms with Gasteiger partial charge in [-0.2, -0.15) is 0 Å². The van der Waals surface area contributed by atoms with Crippen LogP contribution in [0, 0.1) is 10.1 Å².